The predicted molar refractivity (Wildman–Crippen MR) is 110 cm³/mol. The molecule has 1 saturated heterocycles. The van der Waals surface area contributed by atoms with Gasteiger partial charge in [0.2, 0.25) is 0 Å². The first-order valence-corrected chi connectivity index (χ1v) is 9.18. The fraction of sp³-hybridized carbons (Fsp3) is 0.250. The zero-order chi connectivity index (χ0) is 19.6. The molecular weight excluding hydrogens is 362 g/mol. The van der Waals surface area contributed by atoms with Crippen LogP contribution in [0.5, 0.6) is 0 Å². The number of amides is 2. The van der Waals surface area contributed by atoms with Gasteiger partial charge in [-0.2, -0.15) is 0 Å². The summed E-state index contributed by atoms with van der Waals surface area (Å²) in [6, 6.07) is 10.9. The summed E-state index contributed by atoms with van der Waals surface area (Å²) in [6.45, 7) is 7.59. The van der Waals surface area contributed by atoms with Crippen molar-refractivity contribution < 1.29 is 14.0 Å². The molecule has 2 heterocycles. The van der Waals surface area contributed by atoms with E-state index in [9.17, 15) is 9.59 Å². The molecule has 1 aliphatic rings. The van der Waals surface area contributed by atoms with Crippen LogP contribution in [-0.2, 0) is 9.59 Å². The number of thiocarbonyl (C=S) groups is 1. The van der Waals surface area contributed by atoms with E-state index in [-0.39, 0.29) is 10.7 Å². The number of hydrogen-bond donors (Lipinski definition) is 1. The van der Waals surface area contributed by atoms with Crippen molar-refractivity contribution in [3.63, 3.8) is 0 Å². The van der Waals surface area contributed by atoms with E-state index >= 15 is 0 Å². The molecule has 1 N–H and O–H groups in total. The Morgan fingerprint density at radius 3 is 2.59 bits per heavy atom. The van der Waals surface area contributed by atoms with E-state index in [1.165, 1.54) is 11.0 Å². The van der Waals surface area contributed by atoms with Gasteiger partial charge in [0, 0.05) is 19.2 Å². The van der Waals surface area contributed by atoms with Gasteiger partial charge in [-0.25, -0.2) is 0 Å². The second-order valence-electron chi connectivity index (χ2n) is 6.15. The summed E-state index contributed by atoms with van der Waals surface area (Å²) in [5, 5.41) is 2.64. The number of hydrogen-bond acceptors (Lipinski definition) is 5. The van der Waals surface area contributed by atoms with Gasteiger partial charge in [-0.15, -0.1) is 0 Å². The molecule has 3 rings (SSSR count). The van der Waals surface area contributed by atoms with E-state index in [0.717, 1.165) is 18.7 Å². The van der Waals surface area contributed by atoms with Crippen molar-refractivity contribution in [1.29, 1.82) is 0 Å². The topological polar surface area (TPSA) is 65.8 Å². The Bertz CT molecular complexity index is 928. The van der Waals surface area contributed by atoms with Gasteiger partial charge in [0.15, 0.2) is 11.0 Å². The van der Waals surface area contributed by atoms with E-state index < -0.39 is 11.8 Å². The first-order valence-electron chi connectivity index (χ1n) is 8.77. The summed E-state index contributed by atoms with van der Waals surface area (Å²) in [6.07, 6.45) is 1.45. The van der Waals surface area contributed by atoms with Gasteiger partial charge in [0.05, 0.1) is 5.69 Å². The van der Waals surface area contributed by atoms with Crippen molar-refractivity contribution in [3.05, 3.63) is 53.3 Å². The molecule has 27 heavy (non-hydrogen) atoms. The highest BCUT2D eigenvalue weighted by Gasteiger charge is 2.34. The van der Waals surface area contributed by atoms with E-state index in [0.29, 0.717) is 17.3 Å². The Labute approximate surface area is 163 Å². The van der Waals surface area contributed by atoms with Crippen molar-refractivity contribution in [1.82, 2.24) is 5.32 Å². The average molecular weight is 383 g/mol. The molecular formula is C20H21N3O3S. The van der Waals surface area contributed by atoms with Crippen LogP contribution >= 0.6 is 12.2 Å². The number of aryl methyl sites for hydroxylation is 1. The summed E-state index contributed by atoms with van der Waals surface area (Å²) in [7, 11) is 0. The van der Waals surface area contributed by atoms with Crippen LogP contribution in [0.4, 0.5) is 11.6 Å². The first-order chi connectivity index (χ1) is 12.9. The monoisotopic (exact) mass is 383 g/mol. The summed E-state index contributed by atoms with van der Waals surface area (Å²) < 4.78 is 5.78. The Balaban J connectivity index is 1.95. The third-order valence-electron chi connectivity index (χ3n) is 4.34. The van der Waals surface area contributed by atoms with Gasteiger partial charge in [-0.1, -0.05) is 12.1 Å². The van der Waals surface area contributed by atoms with Gasteiger partial charge in [-0.3, -0.25) is 19.8 Å². The summed E-state index contributed by atoms with van der Waals surface area (Å²) in [5.74, 6) is 0.124. The number of furan rings is 1. The van der Waals surface area contributed by atoms with Crippen LogP contribution in [0.15, 0.2) is 46.4 Å². The Morgan fingerprint density at radius 2 is 1.93 bits per heavy atom. The SMILES string of the molecule is CCN(CC)c1ccc(/C=C2\C(=O)NC(=S)N(c3cccc(C)c3)C2=O)o1. The normalized spacial score (nSPS) is 16.0. The standard InChI is InChI=1S/C20H21N3O3S/c1-4-22(5-2)17-10-9-15(26-17)12-16-18(24)21-20(27)23(19(16)25)14-8-6-7-13(3)11-14/h6-12H,4-5H2,1-3H3,(H,21,24,27)/b16-12+. The lowest BCUT2D eigenvalue weighted by Gasteiger charge is -2.29. The van der Waals surface area contributed by atoms with Crippen molar-refractivity contribution in [3.8, 4) is 0 Å². The highest BCUT2D eigenvalue weighted by molar-refractivity contribution is 7.80. The minimum Gasteiger partial charge on any atom is -0.441 e. The van der Waals surface area contributed by atoms with Crippen LogP contribution in [0, 0.1) is 6.92 Å². The predicted octanol–water partition coefficient (Wildman–Crippen LogP) is 3.27. The Hall–Kier alpha value is -2.93. The maximum atomic E-state index is 13.0. The van der Waals surface area contributed by atoms with Crippen LogP contribution in [0.2, 0.25) is 0 Å². The molecule has 140 valence electrons. The number of nitrogens with zero attached hydrogens (tertiary/aromatic N) is 2. The second kappa shape index (κ2) is 7.75. The first kappa shape index (κ1) is 18.8. The van der Waals surface area contributed by atoms with Gasteiger partial charge in [0.25, 0.3) is 11.8 Å². The molecule has 0 saturated carbocycles. The second-order valence-corrected chi connectivity index (χ2v) is 6.53. The quantitative estimate of drug-likeness (QED) is 0.488. The largest absolute Gasteiger partial charge is 0.441 e. The van der Waals surface area contributed by atoms with E-state index in [2.05, 4.69) is 5.32 Å². The highest BCUT2D eigenvalue weighted by atomic mass is 32.1. The molecule has 1 aromatic carbocycles. The van der Waals surface area contributed by atoms with Crippen molar-refractivity contribution in [2.75, 3.05) is 22.9 Å². The molecule has 1 aliphatic heterocycles. The minimum atomic E-state index is -0.533. The molecule has 0 atom stereocenters. The van der Waals surface area contributed by atoms with E-state index in [4.69, 9.17) is 16.6 Å². The lowest BCUT2D eigenvalue weighted by molar-refractivity contribution is -0.122. The van der Waals surface area contributed by atoms with Crippen LogP contribution in [0.3, 0.4) is 0 Å². The lowest BCUT2D eigenvalue weighted by atomic mass is 10.1. The molecule has 7 heteroatoms. The maximum Gasteiger partial charge on any atom is 0.270 e. The molecule has 0 bridgehead atoms. The third kappa shape index (κ3) is 3.78. The molecule has 0 radical (unpaired) electrons. The molecule has 2 amide bonds. The van der Waals surface area contributed by atoms with Crippen LogP contribution in [-0.4, -0.2) is 30.0 Å². The zero-order valence-electron chi connectivity index (χ0n) is 15.5. The van der Waals surface area contributed by atoms with E-state index in [1.54, 1.807) is 12.1 Å². The molecule has 0 aliphatic carbocycles. The number of nitrogens with one attached hydrogen (secondary N) is 1. The molecule has 1 fully saturated rings. The van der Waals surface area contributed by atoms with Gasteiger partial charge in [-0.05, 0) is 62.8 Å². The van der Waals surface area contributed by atoms with Crippen LogP contribution in [0.25, 0.3) is 6.08 Å². The summed E-state index contributed by atoms with van der Waals surface area (Å²) in [5.41, 5.74) is 1.57. The van der Waals surface area contributed by atoms with Crippen molar-refractivity contribution in [2.45, 2.75) is 20.8 Å². The number of carbonyl (C=O) groups is 2. The Kier molecular flexibility index (Phi) is 5.41. The zero-order valence-corrected chi connectivity index (χ0v) is 16.3. The maximum absolute atomic E-state index is 13.0. The lowest BCUT2D eigenvalue weighted by Crippen LogP contribution is -2.54. The molecule has 0 unspecified atom stereocenters. The van der Waals surface area contributed by atoms with Gasteiger partial charge in [0.1, 0.15) is 11.3 Å². The number of anilines is 2. The molecule has 2 aromatic rings. The van der Waals surface area contributed by atoms with Crippen LogP contribution < -0.4 is 15.1 Å². The minimum absolute atomic E-state index is 0.0226. The van der Waals surface area contributed by atoms with E-state index in [1.807, 2.05) is 49.9 Å². The van der Waals surface area contributed by atoms with Crippen LogP contribution in [0.1, 0.15) is 25.2 Å². The third-order valence-corrected chi connectivity index (χ3v) is 4.62. The molecule has 6 nitrogen and oxygen atoms in total. The number of carbonyl (C=O) groups excluding carboxylic acids is 2. The molecule has 0 spiro atoms. The summed E-state index contributed by atoms with van der Waals surface area (Å²) in [4.78, 5) is 28.7. The fourth-order valence-electron chi connectivity index (χ4n) is 2.93. The fourth-order valence-corrected chi connectivity index (χ4v) is 3.21. The Morgan fingerprint density at radius 1 is 1.19 bits per heavy atom. The van der Waals surface area contributed by atoms with Gasteiger partial charge >= 0.3 is 0 Å². The average Bonchev–Trinajstić information content (AvgIpc) is 3.08. The smallest absolute Gasteiger partial charge is 0.270 e. The number of rotatable bonds is 5. The highest BCUT2D eigenvalue weighted by Crippen LogP contribution is 2.25. The summed E-state index contributed by atoms with van der Waals surface area (Å²) >= 11 is 5.21. The van der Waals surface area contributed by atoms with Crippen molar-refractivity contribution >= 4 is 46.8 Å². The van der Waals surface area contributed by atoms with Crippen molar-refractivity contribution in [2.24, 2.45) is 0 Å². The van der Waals surface area contributed by atoms with Gasteiger partial charge < -0.3 is 9.32 Å². The number of benzene rings is 1. The molecule has 1 aromatic heterocycles.